The number of hydrogen-bond acceptors (Lipinski definition) is 5. The van der Waals surface area contributed by atoms with Crippen LogP contribution in [0.3, 0.4) is 0 Å². The third kappa shape index (κ3) is 7.15. The van der Waals surface area contributed by atoms with Crippen molar-refractivity contribution in [2.45, 2.75) is 44.7 Å². The fourth-order valence-electron chi connectivity index (χ4n) is 2.88. The highest BCUT2D eigenvalue weighted by molar-refractivity contribution is 7.89. The van der Waals surface area contributed by atoms with Gasteiger partial charge in [0.05, 0.1) is 25.7 Å². The van der Waals surface area contributed by atoms with Gasteiger partial charge in [-0.25, -0.2) is 18.1 Å². The number of sulfonamides is 1. The summed E-state index contributed by atoms with van der Waals surface area (Å²) < 4.78 is 39.0. The molecule has 2 rings (SSSR count). The fourth-order valence-corrected chi connectivity index (χ4v) is 4.53. The van der Waals surface area contributed by atoms with Gasteiger partial charge in [-0.2, -0.15) is 0 Å². The molecule has 0 radical (unpaired) electrons. The lowest BCUT2D eigenvalue weighted by Crippen LogP contribution is -2.40. The Morgan fingerprint density at radius 1 is 1.03 bits per heavy atom. The maximum Gasteiger partial charge on any atom is 0.241 e. The number of nitrogens with zero attached hydrogens (tertiary/aromatic N) is 1. The molecule has 0 saturated heterocycles. The molecule has 8 nitrogen and oxygen atoms in total. The number of hydrogen-bond donors (Lipinski definition) is 3. The van der Waals surface area contributed by atoms with Crippen molar-refractivity contribution in [2.24, 2.45) is 4.99 Å². The largest absolute Gasteiger partial charge is 0.493 e. The molecule has 0 aliphatic heterocycles. The molecular weight excluding hydrogens is 416 g/mol. The second-order valence-corrected chi connectivity index (χ2v) is 9.50. The first-order valence-electron chi connectivity index (χ1n) is 9.99. The minimum Gasteiger partial charge on any atom is -0.493 e. The quantitative estimate of drug-likeness (QED) is 0.423. The van der Waals surface area contributed by atoms with Crippen molar-refractivity contribution in [1.29, 1.82) is 0 Å². The van der Waals surface area contributed by atoms with E-state index in [0.29, 0.717) is 29.6 Å². The molecule has 0 fully saturated rings. The normalized spacial score (nSPS) is 12.4. The first-order valence-corrected chi connectivity index (χ1v) is 11.5. The molecule has 0 unspecified atom stereocenters. The lowest BCUT2D eigenvalue weighted by Gasteiger charge is -2.21. The van der Waals surface area contributed by atoms with Gasteiger partial charge < -0.3 is 20.1 Å². The summed E-state index contributed by atoms with van der Waals surface area (Å²) in [7, 11) is -0.522. The van der Waals surface area contributed by atoms with E-state index in [4.69, 9.17) is 9.47 Å². The fraction of sp³-hybridized carbons (Fsp3) is 0.409. The van der Waals surface area contributed by atoms with Crippen molar-refractivity contribution in [2.75, 3.05) is 26.1 Å². The summed E-state index contributed by atoms with van der Waals surface area (Å²) in [5.41, 5.74) is 0.774. The molecule has 2 aromatic carbocycles. The summed E-state index contributed by atoms with van der Waals surface area (Å²) in [4.78, 5) is 4.80. The number of benzene rings is 2. The van der Waals surface area contributed by atoms with Crippen LogP contribution in [-0.2, 0) is 16.6 Å². The van der Waals surface area contributed by atoms with Crippen molar-refractivity contribution in [3.05, 3.63) is 48.0 Å². The van der Waals surface area contributed by atoms with Gasteiger partial charge in [0.15, 0.2) is 17.5 Å². The Morgan fingerprint density at radius 3 is 2.32 bits per heavy atom. The molecule has 0 heterocycles. The van der Waals surface area contributed by atoms with Crippen molar-refractivity contribution in [3.8, 4) is 11.5 Å². The van der Waals surface area contributed by atoms with E-state index < -0.39 is 15.6 Å². The van der Waals surface area contributed by atoms with Crippen LogP contribution in [-0.4, -0.2) is 40.7 Å². The Hall–Kier alpha value is -2.78. The van der Waals surface area contributed by atoms with Gasteiger partial charge in [0.25, 0.3) is 0 Å². The Labute approximate surface area is 185 Å². The highest BCUT2D eigenvalue weighted by Gasteiger charge is 2.24. The van der Waals surface area contributed by atoms with Crippen LogP contribution in [0.2, 0.25) is 0 Å². The van der Waals surface area contributed by atoms with Gasteiger partial charge >= 0.3 is 0 Å². The molecule has 0 atom stereocenters. The van der Waals surface area contributed by atoms with E-state index in [0.717, 1.165) is 5.69 Å². The molecule has 0 bridgehead atoms. The lowest BCUT2D eigenvalue weighted by molar-refractivity contribution is 0.355. The van der Waals surface area contributed by atoms with Crippen LogP contribution in [0, 0.1) is 0 Å². The van der Waals surface area contributed by atoms with Gasteiger partial charge in [-0.1, -0.05) is 18.2 Å². The SMILES string of the molecule is CCNC(=NCc1ccccc1S(=O)(=O)NC(C)(C)C)Nc1ccc(OC)c(OC)c1. The third-order valence-corrected chi connectivity index (χ3v) is 5.96. The Morgan fingerprint density at radius 2 is 1.71 bits per heavy atom. The zero-order valence-corrected chi connectivity index (χ0v) is 19.8. The molecule has 170 valence electrons. The van der Waals surface area contributed by atoms with Gasteiger partial charge in [0, 0.05) is 23.8 Å². The lowest BCUT2D eigenvalue weighted by atomic mass is 10.1. The second-order valence-electron chi connectivity index (χ2n) is 7.85. The van der Waals surface area contributed by atoms with E-state index in [-0.39, 0.29) is 11.4 Å². The van der Waals surface area contributed by atoms with Crippen LogP contribution < -0.4 is 24.8 Å². The van der Waals surface area contributed by atoms with Crippen molar-refractivity contribution < 1.29 is 17.9 Å². The van der Waals surface area contributed by atoms with Gasteiger partial charge in [0.1, 0.15) is 0 Å². The average molecular weight is 449 g/mol. The molecular formula is C22H32N4O4S. The van der Waals surface area contributed by atoms with E-state index in [1.54, 1.807) is 50.6 Å². The minimum absolute atomic E-state index is 0.184. The van der Waals surface area contributed by atoms with Gasteiger partial charge in [-0.15, -0.1) is 0 Å². The molecule has 2 aromatic rings. The molecule has 31 heavy (non-hydrogen) atoms. The average Bonchev–Trinajstić information content (AvgIpc) is 2.70. The van der Waals surface area contributed by atoms with Gasteiger partial charge in [-0.05, 0) is 51.5 Å². The summed E-state index contributed by atoms with van der Waals surface area (Å²) >= 11 is 0. The zero-order chi connectivity index (χ0) is 23.1. The molecule has 0 aromatic heterocycles. The first kappa shape index (κ1) is 24.5. The second kappa shape index (κ2) is 10.5. The van der Waals surface area contributed by atoms with Crippen molar-refractivity contribution >= 4 is 21.7 Å². The Balaban J connectivity index is 2.29. The van der Waals surface area contributed by atoms with Crippen molar-refractivity contribution in [3.63, 3.8) is 0 Å². The van der Waals surface area contributed by atoms with Crippen LogP contribution in [0.4, 0.5) is 5.69 Å². The minimum atomic E-state index is -3.67. The van der Waals surface area contributed by atoms with E-state index in [1.807, 2.05) is 33.8 Å². The topological polar surface area (TPSA) is 101 Å². The first-order chi connectivity index (χ1) is 14.6. The standard InChI is InChI=1S/C22H32N4O4S/c1-7-23-21(25-17-12-13-18(29-5)19(14-17)30-6)24-15-16-10-8-9-11-20(16)31(27,28)26-22(2,3)4/h8-14,26H,7,15H2,1-6H3,(H2,23,24,25). The molecule has 0 amide bonds. The summed E-state index contributed by atoms with van der Waals surface area (Å²) in [6.45, 7) is 8.21. The molecule has 0 spiro atoms. The van der Waals surface area contributed by atoms with Crippen LogP contribution in [0.5, 0.6) is 11.5 Å². The van der Waals surface area contributed by atoms with Gasteiger partial charge in [0.2, 0.25) is 10.0 Å². The van der Waals surface area contributed by atoms with Crippen LogP contribution in [0.25, 0.3) is 0 Å². The number of nitrogens with one attached hydrogen (secondary N) is 3. The predicted molar refractivity (Wildman–Crippen MR) is 125 cm³/mol. The molecule has 0 saturated carbocycles. The maximum atomic E-state index is 12.8. The maximum absolute atomic E-state index is 12.8. The van der Waals surface area contributed by atoms with Crippen molar-refractivity contribution in [1.82, 2.24) is 10.0 Å². The van der Waals surface area contributed by atoms with E-state index in [2.05, 4.69) is 20.3 Å². The Kier molecular flexibility index (Phi) is 8.29. The number of rotatable bonds is 8. The van der Waals surface area contributed by atoms with Gasteiger partial charge in [-0.3, -0.25) is 0 Å². The molecule has 0 aliphatic rings. The monoisotopic (exact) mass is 448 g/mol. The highest BCUT2D eigenvalue weighted by Crippen LogP contribution is 2.29. The van der Waals surface area contributed by atoms with E-state index in [9.17, 15) is 8.42 Å². The highest BCUT2D eigenvalue weighted by atomic mass is 32.2. The van der Waals surface area contributed by atoms with Crippen LogP contribution in [0.1, 0.15) is 33.3 Å². The van der Waals surface area contributed by atoms with Crippen LogP contribution in [0.15, 0.2) is 52.4 Å². The summed E-state index contributed by atoms with van der Waals surface area (Å²) in [5, 5.41) is 6.38. The smallest absolute Gasteiger partial charge is 0.241 e. The third-order valence-electron chi connectivity index (χ3n) is 4.10. The number of ether oxygens (including phenoxy) is 2. The van der Waals surface area contributed by atoms with Crippen LogP contribution >= 0.6 is 0 Å². The summed E-state index contributed by atoms with van der Waals surface area (Å²) in [6, 6.07) is 12.3. The Bertz CT molecular complexity index is 1010. The number of aliphatic imine (C=N–C) groups is 1. The zero-order valence-electron chi connectivity index (χ0n) is 18.9. The predicted octanol–water partition coefficient (Wildman–Crippen LogP) is 3.36. The molecule has 0 aliphatic carbocycles. The number of methoxy groups -OCH3 is 2. The summed E-state index contributed by atoms with van der Waals surface area (Å²) in [5.74, 6) is 1.74. The van der Waals surface area contributed by atoms with E-state index in [1.165, 1.54) is 0 Å². The number of guanidine groups is 1. The molecule has 9 heteroatoms. The van der Waals surface area contributed by atoms with E-state index >= 15 is 0 Å². The molecule has 3 N–H and O–H groups in total. The number of anilines is 1. The summed E-state index contributed by atoms with van der Waals surface area (Å²) in [6.07, 6.45) is 0.